The maximum absolute atomic E-state index is 12.1. The van der Waals surface area contributed by atoms with E-state index in [1.807, 2.05) is 0 Å². The first-order chi connectivity index (χ1) is 9.86. The molecule has 0 unspecified atom stereocenters. The number of halogens is 2. The van der Waals surface area contributed by atoms with E-state index in [0.29, 0.717) is 10.7 Å². The average molecular weight is 326 g/mol. The van der Waals surface area contributed by atoms with Gasteiger partial charge >= 0.3 is 0 Å². The molecular weight excluding hydrogens is 317 g/mol. The Bertz CT molecular complexity index is 714. The van der Waals surface area contributed by atoms with Gasteiger partial charge in [-0.05, 0) is 30.3 Å². The molecule has 8 heteroatoms. The van der Waals surface area contributed by atoms with E-state index in [-0.39, 0.29) is 22.0 Å². The highest BCUT2D eigenvalue weighted by molar-refractivity contribution is 6.31. The van der Waals surface area contributed by atoms with Crippen molar-refractivity contribution in [1.29, 1.82) is 0 Å². The summed E-state index contributed by atoms with van der Waals surface area (Å²) in [6.45, 7) is 0. The van der Waals surface area contributed by atoms with Crippen molar-refractivity contribution in [2.75, 3.05) is 11.1 Å². The minimum absolute atomic E-state index is 0.00366. The van der Waals surface area contributed by atoms with Crippen LogP contribution in [0.25, 0.3) is 0 Å². The quantitative estimate of drug-likeness (QED) is 0.510. The van der Waals surface area contributed by atoms with Gasteiger partial charge in [-0.1, -0.05) is 23.2 Å². The molecule has 2 aromatic carbocycles. The van der Waals surface area contributed by atoms with E-state index in [1.54, 1.807) is 0 Å². The molecule has 0 aliphatic carbocycles. The highest BCUT2D eigenvalue weighted by Crippen LogP contribution is 2.28. The number of nitrogen functional groups attached to an aromatic ring is 1. The standard InChI is InChI=1S/C13H9Cl2N3O3/c14-8-1-2-12(18(20)21)11(6-8)17-13(19)7-3-9(15)5-10(16)4-7/h1-6H,16H2,(H,17,19). The molecule has 21 heavy (non-hydrogen) atoms. The Hall–Kier alpha value is -2.31. The summed E-state index contributed by atoms with van der Waals surface area (Å²) >= 11 is 11.6. The van der Waals surface area contributed by atoms with E-state index in [9.17, 15) is 14.9 Å². The Morgan fingerprint density at radius 3 is 2.48 bits per heavy atom. The summed E-state index contributed by atoms with van der Waals surface area (Å²) in [5.74, 6) is -0.574. The molecule has 0 aliphatic heterocycles. The SMILES string of the molecule is Nc1cc(Cl)cc(C(=O)Nc2cc(Cl)ccc2[N+](=O)[O-])c1. The fourth-order valence-electron chi connectivity index (χ4n) is 1.71. The molecule has 2 aromatic rings. The number of hydrogen-bond acceptors (Lipinski definition) is 4. The van der Waals surface area contributed by atoms with Crippen molar-refractivity contribution in [2.45, 2.75) is 0 Å². The fourth-order valence-corrected chi connectivity index (χ4v) is 2.12. The molecule has 0 heterocycles. The minimum Gasteiger partial charge on any atom is -0.399 e. The van der Waals surface area contributed by atoms with Crippen LogP contribution in [0.1, 0.15) is 10.4 Å². The second-order valence-corrected chi connectivity index (χ2v) is 5.02. The van der Waals surface area contributed by atoms with Crippen LogP contribution >= 0.6 is 23.2 Å². The van der Waals surface area contributed by atoms with E-state index in [2.05, 4.69) is 5.32 Å². The minimum atomic E-state index is -0.613. The van der Waals surface area contributed by atoms with Gasteiger partial charge in [0, 0.05) is 27.4 Å². The summed E-state index contributed by atoms with van der Waals surface area (Å²) in [6, 6.07) is 8.18. The van der Waals surface area contributed by atoms with Crippen LogP contribution in [0.15, 0.2) is 36.4 Å². The lowest BCUT2D eigenvalue weighted by atomic mass is 10.2. The van der Waals surface area contributed by atoms with Crippen molar-refractivity contribution in [1.82, 2.24) is 0 Å². The number of nitrogens with zero attached hydrogens (tertiary/aromatic N) is 1. The third-order valence-corrected chi connectivity index (χ3v) is 3.04. The van der Waals surface area contributed by atoms with Crippen LogP contribution in [0.5, 0.6) is 0 Å². The third-order valence-electron chi connectivity index (χ3n) is 2.59. The van der Waals surface area contributed by atoms with Crippen molar-refractivity contribution >= 4 is 46.2 Å². The predicted octanol–water partition coefficient (Wildman–Crippen LogP) is 3.74. The van der Waals surface area contributed by atoms with Gasteiger partial charge in [0.2, 0.25) is 0 Å². The van der Waals surface area contributed by atoms with Crippen LogP contribution in [-0.4, -0.2) is 10.8 Å². The second-order valence-electron chi connectivity index (χ2n) is 4.15. The first-order valence-corrected chi connectivity index (χ1v) is 6.44. The summed E-state index contributed by atoms with van der Waals surface area (Å²) in [5, 5.41) is 13.9. The van der Waals surface area contributed by atoms with Gasteiger partial charge in [-0.3, -0.25) is 14.9 Å². The Labute approximate surface area is 129 Å². The van der Waals surface area contributed by atoms with Gasteiger partial charge in [0.25, 0.3) is 11.6 Å². The molecule has 0 saturated heterocycles. The Balaban J connectivity index is 2.35. The molecule has 0 spiro atoms. The number of benzene rings is 2. The van der Waals surface area contributed by atoms with Crippen LogP contribution in [0, 0.1) is 10.1 Å². The lowest BCUT2D eigenvalue weighted by Gasteiger charge is -2.07. The molecule has 2 rings (SSSR count). The molecule has 0 saturated carbocycles. The van der Waals surface area contributed by atoms with Crippen molar-refractivity contribution in [3.8, 4) is 0 Å². The van der Waals surface area contributed by atoms with Crippen molar-refractivity contribution < 1.29 is 9.72 Å². The number of anilines is 2. The van der Waals surface area contributed by atoms with Crippen LogP contribution < -0.4 is 11.1 Å². The van der Waals surface area contributed by atoms with Gasteiger partial charge < -0.3 is 11.1 Å². The van der Waals surface area contributed by atoms with Crippen molar-refractivity contribution in [2.24, 2.45) is 0 Å². The van der Waals surface area contributed by atoms with Crippen LogP contribution in [0.2, 0.25) is 10.0 Å². The topological polar surface area (TPSA) is 98.3 Å². The van der Waals surface area contributed by atoms with Crippen LogP contribution in [0.3, 0.4) is 0 Å². The number of amides is 1. The summed E-state index contributed by atoms with van der Waals surface area (Å²) in [4.78, 5) is 22.4. The first kappa shape index (κ1) is 15.1. The van der Waals surface area contributed by atoms with E-state index < -0.39 is 10.8 Å². The van der Waals surface area contributed by atoms with E-state index in [1.165, 1.54) is 36.4 Å². The van der Waals surface area contributed by atoms with Gasteiger partial charge in [-0.15, -0.1) is 0 Å². The Morgan fingerprint density at radius 1 is 1.14 bits per heavy atom. The molecule has 3 N–H and O–H groups in total. The van der Waals surface area contributed by atoms with Crippen LogP contribution in [-0.2, 0) is 0 Å². The fraction of sp³-hybridized carbons (Fsp3) is 0. The number of nitrogens with one attached hydrogen (secondary N) is 1. The number of nitrogens with two attached hydrogens (primary N) is 1. The largest absolute Gasteiger partial charge is 0.399 e. The zero-order valence-electron chi connectivity index (χ0n) is 10.5. The highest BCUT2D eigenvalue weighted by atomic mass is 35.5. The maximum atomic E-state index is 12.1. The van der Waals surface area contributed by atoms with Crippen molar-refractivity contribution in [3.05, 3.63) is 62.1 Å². The Morgan fingerprint density at radius 2 is 1.86 bits per heavy atom. The monoisotopic (exact) mass is 325 g/mol. The summed E-state index contributed by atoms with van der Waals surface area (Å²) < 4.78 is 0. The normalized spacial score (nSPS) is 10.2. The van der Waals surface area contributed by atoms with Gasteiger partial charge in [-0.25, -0.2) is 0 Å². The maximum Gasteiger partial charge on any atom is 0.292 e. The number of carbonyl (C=O) groups excluding carboxylic acids is 1. The molecule has 0 radical (unpaired) electrons. The lowest BCUT2D eigenvalue weighted by molar-refractivity contribution is -0.383. The summed E-state index contributed by atoms with van der Waals surface area (Å²) in [5.41, 5.74) is 5.84. The van der Waals surface area contributed by atoms with Gasteiger partial charge in [-0.2, -0.15) is 0 Å². The summed E-state index contributed by atoms with van der Waals surface area (Å²) in [6.07, 6.45) is 0. The number of rotatable bonds is 3. The van der Waals surface area contributed by atoms with Crippen LogP contribution in [0.4, 0.5) is 17.1 Å². The van der Waals surface area contributed by atoms with E-state index in [0.717, 1.165) is 0 Å². The predicted molar refractivity (Wildman–Crippen MR) is 81.9 cm³/mol. The number of hydrogen-bond donors (Lipinski definition) is 2. The molecule has 0 aromatic heterocycles. The molecule has 6 nitrogen and oxygen atoms in total. The smallest absolute Gasteiger partial charge is 0.292 e. The van der Waals surface area contributed by atoms with Crippen molar-refractivity contribution in [3.63, 3.8) is 0 Å². The van der Waals surface area contributed by atoms with Gasteiger partial charge in [0.15, 0.2) is 0 Å². The molecule has 0 aliphatic rings. The summed E-state index contributed by atoms with van der Waals surface area (Å²) in [7, 11) is 0. The third kappa shape index (κ3) is 3.62. The first-order valence-electron chi connectivity index (χ1n) is 5.68. The molecule has 0 fully saturated rings. The molecule has 0 atom stereocenters. The second kappa shape index (κ2) is 5.99. The molecule has 0 bridgehead atoms. The number of carbonyl (C=O) groups is 1. The highest BCUT2D eigenvalue weighted by Gasteiger charge is 2.17. The average Bonchev–Trinajstić information content (AvgIpc) is 2.37. The molecular formula is C13H9Cl2N3O3. The number of nitro benzene ring substituents is 1. The van der Waals surface area contributed by atoms with Gasteiger partial charge in [0.1, 0.15) is 5.69 Å². The van der Waals surface area contributed by atoms with E-state index >= 15 is 0 Å². The molecule has 1 amide bonds. The zero-order chi connectivity index (χ0) is 15.6. The Kier molecular flexibility index (Phi) is 4.30. The van der Waals surface area contributed by atoms with Gasteiger partial charge in [0.05, 0.1) is 4.92 Å². The lowest BCUT2D eigenvalue weighted by Crippen LogP contribution is -2.13. The van der Waals surface area contributed by atoms with E-state index in [4.69, 9.17) is 28.9 Å². The molecule has 108 valence electrons. The zero-order valence-corrected chi connectivity index (χ0v) is 12.0. The number of nitro groups is 1.